The Morgan fingerprint density at radius 2 is 1.97 bits per heavy atom. The summed E-state index contributed by atoms with van der Waals surface area (Å²) in [6.07, 6.45) is 4.67. The van der Waals surface area contributed by atoms with Crippen molar-refractivity contribution in [1.29, 1.82) is 0 Å². The average molecular weight is 421 g/mol. The molecule has 6 nitrogen and oxygen atoms in total. The minimum absolute atomic E-state index is 0.0245. The predicted octanol–water partition coefficient (Wildman–Crippen LogP) is 2.55. The zero-order chi connectivity index (χ0) is 21.2. The zero-order valence-corrected chi connectivity index (χ0v) is 18.6. The summed E-state index contributed by atoms with van der Waals surface area (Å²) in [6, 6.07) is 5.65. The van der Waals surface area contributed by atoms with E-state index in [-0.39, 0.29) is 34.7 Å². The number of sulfonamides is 1. The Balaban J connectivity index is 1.60. The second-order valence-electron chi connectivity index (χ2n) is 9.96. The molecule has 2 aliphatic carbocycles. The minimum Gasteiger partial charge on any atom is -0.508 e. The van der Waals surface area contributed by atoms with E-state index in [9.17, 15) is 18.3 Å². The standard InChI is InChI=1S/C22H32N2O4S/c1-21(2)19-13-16-17(6-5-7-18(16)25)22(21,3)10-11-24(19)20(26)14-8-9-15(12-14)23-29(4,27)28/h5-7,14-15,19,23,25H,8-13H2,1-4H3/t14-,15-,19-,22+/m1/s1. The zero-order valence-electron chi connectivity index (χ0n) is 17.7. The maximum Gasteiger partial charge on any atom is 0.226 e. The number of aromatic hydroxyl groups is 1. The Bertz CT molecular complexity index is 942. The van der Waals surface area contributed by atoms with Gasteiger partial charge in [0.1, 0.15) is 5.75 Å². The number of nitrogens with zero attached hydrogens (tertiary/aromatic N) is 1. The van der Waals surface area contributed by atoms with Crippen LogP contribution in [0.3, 0.4) is 0 Å². The highest BCUT2D eigenvalue weighted by molar-refractivity contribution is 7.88. The molecule has 4 atom stereocenters. The van der Waals surface area contributed by atoms with Crippen LogP contribution in [0.1, 0.15) is 57.6 Å². The van der Waals surface area contributed by atoms with E-state index in [1.54, 1.807) is 6.07 Å². The summed E-state index contributed by atoms with van der Waals surface area (Å²) in [5.41, 5.74) is 1.96. The highest BCUT2D eigenvalue weighted by Crippen LogP contribution is 2.57. The minimum atomic E-state index is -3.26. The van der Waals surface area contributed by atoms with Crippen LogP contribution in [0.15, 0.2) is 18.2 Å². The SMILES string of the molecule is CC1(C)[C@H]2Cc3c(O)cccc3[C@]1(C)CCN2C(=O)[C@@H]1CC[C@@H](NS(C)(=O)=O)C1. The van der Waals surface area contributed by atoms with Crippen LogP contribution in [0.5, 0.6) is 5.75 Å². The molecule has 0 radical (unpaired) electrons. The first-order valence-corrected chi connectivity index (χ1v) is 12.4. The van der Waals surface area contributed by atoms with E-state index < -0.39 is 10.0 Å². The molecule has 2 N–H and O–H groups in total. The molecule has 2 fully saturated rings. The Hall–Kier alpha value is -1.60. The summed E-state index contributed by atoms with van der Waals surface area (Å²) in [5, 5.41) is 10.5. The van der Waals surface area contributed by atoms with Gasteiger partial charge >= 0.3 is 0 Å². The molecule has 0 aromatic heterocycles. The van der Waals surface area contributed by atoms with Gasteiger partial charge in [0.25, 0.3) is 0 Å². The second-order valence-corrected chi connectivity index (χ2v) is 11.7. The van der Waals surface area contributed by atoms with Crippen molar-refractivity contribution >= 4 is 15.9 Å². The van der Waals surface area contributed by atoms with Crippen molar-refractivity contribution in [1.82, 2.24) is 9.62 Å². The van der Waals surface area contributed by atoms with Crippen molar-refractivity contribution in [2.45, 2.75) is 70.4 Å². The number of piperidine rings is 1. The largest absolute Gasteiger partial charge is 0.508 e. The molecule has 1 aromatic carbocycles. The number of carbonyl (C=O) groups is 1. The first-order valence-electron chi connectivity index (χ1n) is 10.5. The fourth-order valence-electron chi connectivity index (χ4n) is 6.04. The van der Waals surface area contributed by atoms with Gasteiger partial charge in [-0.3, -0.25) is 4.79 Å². The molecule has 2 bridgehead atoms. The van der Waals surface area contributed by atoms with Gasteiger partial charge < -0.3 is 10.0 Å². The van der Waals surface area contributed by atoms with E-state index in [1.165, 1.54) is 11.8 Å². The van der Waals surface area contributed by atoms with Gasteiger partial charge in [-0.15, -0.1) is 0 Å². The highest BCUT2D eigenvalue weighted by atomic mass is 32.2. The molecule has 1 amide bonds. The lowest BCUT2D eigenvalue weighted by Crippen LogP contribution is -2.65. The molecule has 0 spiro atoms. The summed E-state index contributed by atoms with van der Waals surface area (Å²) in [6.45, 7) is 7.46. The van der Waals surface area contributed by atoms with E-state index in [1.807, 2.05) is 11.0 Å². The second kappa shape index (κ2) is 6.71. The van der Waals surface area contributed by atoms with E-state index in [0.29, 0.717) is 31.6 Å². The number of carbonyl (C=O) groups excluding carboxylic acids is 1. The third-order valence-electron chi connectivity index (χ3n) is 8.07. The van der Waals surface area contributed by atoms with Crippen LogP contribution in [0.2, 0.25) is 0 Å². The maximum absolute atomic E-state index is 13.5. The molecule has 7 heteroatoms. The number of phenolic OH excluding ortho intramolecular Hbond substituents is 1. The molecule has 1 aliphatic heterocycles. The molecule has 4 rings (SSSR count). The van der Waals surface area contributed by atoms with Crippen LogP contribution in [0.25, 0.3) is 0 Å². The number of likely N-dealkylation sites (tertiary alicyclic amines) is 1. The van der Waals surface area contributed by atoms with Crippen molar-refractivity contribution in [3.8, 4) is 5.75 Å². The molecule has 3 aliphatic rings. The lowest BCUT2D eigenvalue weighted by molar-refractivity contribution is -0.148. The van der Waals surface area contributed by atoms with Crippen LogP contribution in [0.4, 0.5) is 0 Å². The number of nitrogens with one attached hydrogen (secondary N) is 1. The Morgan fingerprint density at radius 1 is 1.24 bits per heavy atom. The van der Waals surface area contributed by atoms with Crippen LogP contribution in [-0.4, -0.2) is 49.2 Å². The topological polar surface area (TPSA) is 86.7 Å². The molecule has 160 valence electrons. The number of hydrogen-bond acceptors (Lipinski definition) is 4. The Labute approximate surface area is 173 Å². The first-order chi connectivity index (χ1) is 13.4. The molecule has 1 saturated heterocycles. The molecular formula is C22H32N2O4S. The van der Waals surface area contributed by atoms with E-state index in [2.05, 4.69) is 31.6 Å². The first kappa shape index (κ1) is 20.7. The Morgan fingerprint density at radius 3 is 2.66 bits per heavy atom. The van der Waals surface area contributed by atoms with Gasteiger partial charge in [-0.1, -0.05) is 32.9 Å². The summed E-state index contributed by atoms with van der Waals surface area (Å²) in [5.74, 6) is 0.323. The van der Waals surface area contributed by atoms with E-state index in [4.69, 9.17) is 0 Å². The van der Waals surface area contributed by atoms with Gasteiger partial charge in [-0.2, -0.15) is 0 Å². The van der Waals surface area contributed by atoms with Gasteiger partial charge in [0, 0.05) is 30.0 Å². The Kier molecular flexibility index (Phi) is 4.78. The highest BCUT2D eigenvalue weighted by Gasteiger charge is 2.57. The van der Waals surface area contributed by atoms with Gasteiger partial charge in [0.05, 0.1) is 6.26 Å². The summed E-state index contributed by atoms with van der Waals surface area (Å²) >= 11 is 0. The number of hydrogen-bond donors (Lipinski definition) is 2. The van der Waals surface area contributed by atoms with Crippen LogP contribution < -0.4 is 4.72 Å². The van der Waals surface area contributed by atoms with Gasteiger partial charge in [0.2, 0.25) is 15.9 Å². The van der Waals surface area contributed by atoms with Gasteiger partial charge in [-0.05, 0) is 54.7 Å². The quantitative estimate of drug-likeness (QED) is 0.787. The van der Waals surface area contributed by atoms with Crippen molar-refractivity contribution in [3.63, 3.8) is 0 Å². The molecule has 1 aromatic rings. The number of fused-ring (bicyclic) bond motifs is 4. The van der Waals surface area contributed by atoms with Crippen molar-refractivity contribution < 1.29 is 18.3 Å². The van der Waals surface area contributed by atoms with Crippen molar-refractivity contribution in [3.05, 3.63) is 29.3 Å². The number of benzene rings is 1. The monoisotopic (exact) mass is 420 g/mol. The van der Waals surface area contributed by atoms with Crippen LogP contribution in [0, 0.1) is 11.3 Å². The molecule has 29 heavy (non-hydrogen) atoms. The molecule has 1 saturated carbocycles. The van der Waals surface area contributed by atoms with Crippen molar-refractivity contribution in [2.24, 2.45) is 11.3 Å². The summed E-state index contributed by atoms with van der Waals surface area (Å²) in [4.78, 5) is 15.5. The predicted molar refractivity (Wildman–Crippen MR) is 112 cm³/mol. The number of amides is 1. The van der Waals surface area contributed by atoms with Crippen LogP contribution >= 0.6 is 0 Å². The fraction of sp³-hybridized carbons (Fsp3) is 0.682. The van der Waals surface area contributed by atoms with Gasteiger partial charge in [-0.25, -0.2) is 13.1 Å². The van der Waals surface area contributed by atoms with Crippen LogP contribution in [-0.2, 0) is 26.7 Å². The third-order valence-corrected chi connectivity index (χ3v) is 8.83. The normalized spacial score (nSPS) is 33.4. The number of rotatable bonds is 3. The van der Waals surface area contributed by atoms with Gasteiger partial charge in [0.15, 0.2) is 0 Å². The van der Waals surface area contributed by atoms with E-state index >= 15 is 0 Å². The summed E-state index contributed by atoms with van der Waals surface area (Å²) < 4.78 is 25.8. The third kappa shape index (κ3) is 3.26. The summed E-state index contributed by atoms with van der Waals surface area (Å²) in [7, 11) is -3.26. The lowest BCUT2D eigenvalue weighted by atomic mass is 9.51. The van der Waals surface area contributed by atoms with E-state index in [0.717, 1.165) is 18.4 Å². The molecule has 0 unspecified atom stereocenters. The molecule has 1 heterocycles. The number of phenols is 1. The fourth-order valence-corrected chi connectivity index (χ4v) is 6.86. The van der Waals surface area contributed by atoms with Crippen molar-refractivity contribution in [2.75, 3.05) is 12.8 Å². The average Bonchev–Trinajstić information content (AvgIpc) is 3.05. The molecular weight excluding hydrogens is 388 g/mol. The maximum atomic E-state index is 13.5. The smallest absolute Gasteiger partial charge is 0.226 e. The lowest BCUT2D eigenvalue weighted by Gasteiger charge is -2.61.